The lowest BCUT2D eigenvalue weighted by molar-refractivity contribution is 0.114. The van der Waals surface area contributed by atoms with Crippen LogP contribution in [0.2, 0.25) is 5.15 Å². The minimum atomic E-state index is -0.487. The number of anilines is 2. The first kappa shape index (κ1) is 16.1. The average Bonchev–Trinajstić information content (AvgIpc) is 2.95. The van der Waals surface area contributed by atoms with Crippen LogP contribution in [0.4, 0.5) is 16.3 Å². The molecule has 9 nitrogen and oxygen atoms in total. The molecular weight excluding hydrogens is 334 g/mol. The molecule has 1 atom stereocenters. The molecule has 0 aliphatic carbocycles. The van der Waals surface area contributed by atoms with Crippen LogP contribution in [-0.4, -0.2) is 37.9 Å². The number of urea groups is 1. The molecule has 0 unspecified atom stereocenters. The second-order valence-corrected chi connectivity index (χ2v) is 5.25. The Kier molecular flexibility index (Phi) is 4.54. The van der Waals surface area contributed by atoms with Crippen LogP contribution in [0, 0.1) is 0 Å². The third-order valence-corrected chi connectivity index (χ3v) is 3.48. The van der Waals surface area contributed by atoms with Gasteiger partial charge in [0.05, 0.1) is 23.7 Å². The zero-order chi connectivity index (χ0) is 17.1. The van der Waals surface area contributed by atoms with Gasteiger partial charge in [-0.25, -0.2) is 14.3 Å². The van der Waals surface area contributed by atoms with E-state index in [-0.39, 0.29) is 6.10 Å². The Hall–Kier alpha value is -2.78. The van der Waals surface area contributed by atoms with E-state index < -0.39 is 6.03 Å². The van der Waals surface area contributed by atoms with Gasteiger partial charge in [0, 0.05) is 19.4 Å². The van der Waals surface area contributed by atoms with E-state index in [9.17, 15) is 4.79 Å². The third-order valence-electron chi connectivity index (χ3n) is 3.29. The molecule has 0 fully saturated rings. The zero-order valence-corrected chi connectivity index (χ0v) is 13.7. The summed E-state index contributed by atoms with van der Waals surface area (Å²) in [7, 11) is 1.56. The van der Waals surface area contributed by atoms with Gasteiger partial charge in [0.1, 0.15) is 0 Å². The van der Waals surface area contributed by atoms with Crippen LogP contribution >= 0.6 is 11.6 Å². The number of ether oxygens (including phenoxy) is 1. The van der Waals surface area contributed by atoms with Crippen molar-refractivity contribution < 1.29 is 9.53 Å². The Bertz CT molecular complexity index is 868. The van der Waals surface area contributed by atoms with Gasteiger partial charge in [-0.2, -0.15) is 10.2 Å². The smallest absolute Gasteiger partial charge is 0.324 e. The summed E-state index contributed by atoms with van der Waals surface area (Å²) in [5.41, 5.74) is 1.61. The summed E-state index contributed by atoms with van der Waals surface area (Å²) < 4.78 is 6.90. The van der Waals surface area contributed by atoms with Crippen LogP contribution in [0.3, 0.4) is 0 Å². The Morgan fingerprint density at radius 1 is 1.42 bits per heavy atom. The molecule has 0 spiro atoms. The van der Waals surface area contributed by atoms with Crippen molar-refractivity contribution in [2.75, 3.05) is 17.7 Å². The van der Waals surface area contributed by atoms with Crippen LogP contribution in [-0.2, 0) is 4.74 Å². The number of carbonyl (C=O) groups excluding carboxylic acids is 1. The van der Waals surface area contributed by atoms with Gasteiger partial charge in [-0.1, -0.05) is 11.6 Å². The molecule has 0 saturated carbocycles. The summed E-state index contributed by atoms with van der Waals surface area (Å²) in [5, 5.41) is 17.3. The quantitative estimate of drug-likeness (QED) is 0.751. The molecule has 3 heterocycles. The van der Waals surface area contributed by atoms with Gasteiger partial charge in [0.25, 0.3) is 0 Å². The molecule has 3 aromatic rings. The van der Waals surface area contributed by atoms with Crippen molar-refractivity contribution in [1.82, 2.24) is 24.8 Å². The van der Waals surface area contributed by atoms with Crippen molar-refractivity contribution in [1.29, 1.82) is 0 Å². The van der Waals surface area contributed by atoms with Gasteiger partial charge in [-0.3, -0.25) is 5.32 Å². The molecule has 0 bridgehead atoms. The number of aromatic nitrogens is 5. The summed E-state index contributed by atoms with van der Waals surface area (Å²) in [6.45, 7) is 1.83. The number of carbonyl (C=O) groups is 1. The molecule has 0 aliphatic heterocycles. The summed E-state index contributed by atoms with van der Waals surface area (Å²) >= 11 is 5.94. The van der Waals surface area contributed by atoms with Crippen LogP contribution in [0.15, 0.2) is 30.6 Å². The maximum Gasteiger partial charge on any atom is 0.324 e. The van der Waals surface area contributed by atoms with Crippen molar-refractivity contribution in [2.24, 2.45) is 0 Å². The molecule has 0 aliphatic rings. The van der Waals surface area contributed by atoms with Crippen LogP contribution in [0.25, 0.3) is 5.65 Å². The number of amides is 2. The molecule has 124 valence electrons. The van der Waals surface area contributed by atoms with Gasteiger partial charge in [-0.05, 0) is 19.1 Å². The fourth-order valence-corrected chi connectivity index (χ4v) is 2.33. The van der Waals surface area contributed by atoms with E-state index in [1.807, 2.05) is 6.92 Å². The van der Waals surface area contributed by atoms with E-state index in [0.717, 1.165) is 0 Å². The highest BCUT2D eigenvalue weighted by Gasteiger charge is 2.19. The zero-order valence-electron chi connectivity index (χ0n) is 12.9. The molecule has 3 rings (SSSR count). The van der Waals surface area contributed by atoms with Crippen LogP contribution in [0.5, 0.6) is 0 Å². The van der Waals surface area contributed by atoms with E-state index in [1.165, 1.54) is 16.9 Å². The number of fused-ring (bicyclic) bond motifs is 1. The molecule has 2 N–H and O–H groups in total. The minimum absolute atomic E-state index is 0.299. The van der Waals surface area contributed by atoms with E-state index in [0.29, 0.717) is 28.0 Å². The van der Waals surface area contributed by atoms with Gasteiger partial charge < -0.3 is 10.1 Å². The fraction of sp³-hybridized carbons (Fsp3) is 0.214. The topological polar surface area (TPSA) is 106 Å². The number of nitrogens with zero attached hydrogens (tertiary/aromatic N) is 5. The number of halogens is 1. The molecule has 10 heteroatoms. The Labute approximate surface area is 142 Å². The second kappa shape index (κ2) is 6.77. The number of hydrogen-bond acceptors (Lipinski definition) is 6. The maximum atomic E-state index is 12.2. The van der Waals surface area contributed by atoms with Crippen molar-refractivity contribution >= 4 is 34.8 Å². The Balaban J connectivity index is 1.92. The fourth-order valence-electron chi connectivity index (χ4n) is 2.16. The Morgan fingerprint density at radius 3 is 2.96 bits per heavy atom. The molecule has 2 amide bonds. The van der Waals surface area contributed by atoms with E-state index in [1.54, 1.807) is 25.3 Å². The Morgan fingerprint density at radius 2 is 2.25 bits per heavy atom. The second-order valence-electron chi connectivity index (χ2n) is 4.86. The molecule has 0 aromatic carbocycles. The normalized spacial score (nSPS) is 12.1. The summed E-state index contributed by atoms with van der Waals surface area (Å²) in [6, 6.07) is 4.43. The third kappa shape index (κ3) is 3.26. The van der Waals surface area contributed by atoms with Gasteiger partial charge in [0.2, 0.25) is 0 Å². The number of rotatable bonds is 4. The predicted octanol–water partition coefficient (Wildman–Crippen LogP) is 2.52. The first-order chi connectivity index (χ1) is 11.6. The van der Waals surface area contributed by atoms with E-state index in [4.69, 9.17) is 16.3 Å². The lowest BCUT2D eigenvalue weighted by Crippen LogP contribution is -2.22. The van der Waals surface area contributed by atoms with Gasteiger partial charge in [0.15, 0.2) is 16.6 Å². The summed E-state index contributed by atoms with van der Waals surface area (Å²) in [5.74, 6) is 0.326. The maximum absolute atomic E-state index is 12.2. The number of hydrogen-bond donors (Lipinski definition) is 2. The van der Waals surface area contributed by atoms with Gasteiger partial charge >= 0.3 is 6.03 Å². The first-order valence-corrected chi connectivity index (χ1v) is 7.39. The van der Waals surface area contributed by atoms with Crippen LogP contribution in [0.1, 0.15) is 18.7 Å². The van der Waals surface area contributed by atoms with Crippen LogP contribution < -0.4 is 10.6 Å². The highest BCUT2D eigenvalue weighted by molar-refractivity contribution is 6.29. The van der Waals surface area contributed by atoms with E-state index >= 15 is 0 Å². The number of methoxy groups -OCH3 is 1. The summed E-state index contributed by atoms with van der Waals surface area (Å²) in [4.78, 5) is 16.4. The molecular formula is C14H14ClN7O2. The predicted molar refractivity (Wildman–Crippen MR) is 88.1 cm³/mol. The van der Waals surface area contributed by atoms with Crippen molar-refractivity contribution in [3.63, 3.8) is 0 Å². The number of nitrogens with one attached hydrogen (secondary N) is 2. The lowest BCUT2D eigenvalue weighted by atomic mass is 10.2. The first-order valence-electron chi connectivity index (χ1n) is 7.01. The monoisotopic (exact) mass is 347 g/mol. The highest BCUT2D eigenvalue weighted by atomic mass is 35.5. The molecule has 0 saturated heterocycles. The largest absolute Gasteiger partial charge is 0.375 e. The van der Waals surface area contributed by atoms with Crippen molar-refractivity contribution in [2.45, 2.75) is 13.0 Å². The molecule has 0 radical (unpaired) electrons. The summed E-state index contributed by atoms with van der Waals surface area (Å²) in [6.07, 6.45) is 2.69. The average molecular weight is 348 g/mol. The van der Waals surface area contributed by atoms with Gasteiger partial charge in [-0.15, -0.1) is 5.10 Å². The highest BCUT2D eigenvalue weighted by Crippen LogP contribution is 2.26. The minimum Gasteiger partial charge on any atom is -0.375 e. The van der Waals surface area contributed by atoms with E-state index in [2.05, 4.69) is 30.9 Å². The van der Waals surface area contributed by atoms with Crippen molar-refractivity contribution in [3.8, 4) is 0 Å². The molecule has 3 aromatic heterocycles. The SMILES string of the molecule is CO[C@@H](C)c1c(NC(=O)Nc2cccnn2)cnc2cc(Cl)nn12. The standard InChI is InChI=1S/C14H14ClN7O2/c1-8(24-2)13-9(7-16-12-6-10(15)21-22(12)13)18-14(23)19-11-4-3-5-17-20-11/h3-8H,1-2H3,(H2,18,19,20,23)/t8-/m0/s1. The van der Waals surface area contributed by atoms with Crippen molar-refractivity contribution in [3.05, 3.63) is 41.4 Å². The molecule has 24 heavy (non-hydrogen) atoms. The lowest BCUT2D eigenvalue weighted by Gasteiger charge is -2.16.